The maximum absolute atomic E-state index is 13.1. The van der Waals surface area contributed by atoms with Crippen molar-refractivity contribution < 1.29 is 83.7 Å². The Bertz CT molecular complexity index is 810. The van der Waals surface area contributed by atoms with E-state index in [-0.39, 0.29) is 32.9 Å². The van der Waals surface area contributed by atoms with Gasteiger partial charge in [-0.25, -0.2) is 0 Å². The molecule has 0 unspecified atom stereocenters. The Morgan fingerprint density at radius 2 is 0.547 bits per heavy atom. The van der Waals surface area contributed by atoms with Gasteiger partial charge in [-0.2, -0.15) is 12.7 Å². The van der Waals surface area contributed by atoms with Gasteiger partial charge in [-0.05, 0) is 6.42 Å². The molecule has 0 heterocycles. The summed E-state index contributed by atoms with van der Waals surface area (Å²) in [7, 11) is -4.70. The van der Waals surface area contributed by atoms with E-state index in [1.807, 2.05) is 0 Å². The van der Waals surface area contributed by atoms with Crippen molar-refractivity contribution in [2.45, 2.75) is 13.3 Å². The number of hydrogen-bond donors (Lipinski definition) is 1. The first-order valence-electron chi connectivity index (χ1n) is 18.4. The smallest absolute Gasteiger partial charge is 0.374 e. The van der Waals surface area contributed by atoms with E-state index < -0.39 is 10.4 Å². The van der Waals surface area contributed by atoms with Crippen molar-refractivity contribution in [2.24, 2.45) is 0 Å². The van der Waals surface area contributed by atoms with Crippen molar-refractivity contribution in [1.82, 2.24) is 4.31 Å². The van der Waals surface area contributed by atoms with Crippen LogP contribution >= 0.6 is 0 Å². The molecule has 0 aliphatic carbocycles. The Morgan fingerprint density at radius 3 is 0.717 bits per heavy atom. The lowest BCUT2D eigenvalue weighted by atomic mass is 10.5. The van der Waals surface area contributed by atoms with E-state index in [9.17, 15) is 12.3 Å². The van der Waals surface area contributed by atoms with Gasteiger partial charge in [0, 0.05) is 13.1 Å². The predicted molar refractivity (Wildman–Crippen MR) is 190 cm³/mol. The third-order valence-corrected chi connectivity index (χ3v) is 7.32. The Morgan fingerprint density at radius 1 is 0.358 bits per heavy atom. The average molecular weight is 802 g/mol. The molecule has 1 N–H and O–H groups in total. The lowest BCUT2D eigenvalue weighted by Crippen LogP contribution is -2.32. The lowest BCUT2D eigenvalue weighted by molar-refractivity contribution is -0.0297. The van der Waals surface area contributed by atoms with E-state index >= 15 is 0 Å². The number of hydrogen-bond acceptors (Lipinski definition) is 17. The molecule has 0 atom stereocenters. The fourth-order valence-corrected chi connectivity index (χ4v) is 4.46. The van der Waals surface area contributed by atoms with Gasteiger partial charge in [0.2, 0.25) is 0 Å². The maximum Gasteiger partial charge on any atom is 0.374 e. The van der Waals surface area contributed by atoms with Gasteiger partial charge < -0.3 is 71.4 Å². The molecule has 0 spiro atoms. The van der Waals surface area contributed by atoms with Crippen LogP contribution in [0, 0.1) is 0 Å². The van der Waals surface area contributed by atoms with E-state index in [1.165, 1.54) is 0 Å². The van der Waals surface area contributed by atoms with Crippen LogP contribution in [0.2, 0.25) is 0 Å². The summed E-state index contributed by atoms with van der Waals surface area (Å²) in [6.07, 6.45) is 0.525. The van der Waals surface area contributed by atoms with Crippen molar-refractivity contribution in [1.29, 1.82) is 0 Å². The molecule has 0 saturated carbocycles. The van der Waals surface area contributed by atoms with Gasteiger partial charge in [0.25, 0.3) is 0 Å². The van der Waals surface area contributed by atoms with Crippen molar-refractivity contribution in [3.8, 4) is 0 Å². The zero-order chi connectivity index (χ0) is 38.6. The Balaban J connectivity index is 3.13. The minimum absolute atomic E-state index is 0.0167. The summed E-state index contributed by atoms with van der Waals surface area (Å²) in [5.74, 6) is 0. The maximum atomic E-state index is 13.1. The molecule has 0 bridgehead atoms. The van der Waals surface area contributed by atoms with Crippen LogP contribution in [0.3, 0.4) is 0 Å². The molecule has 0 saturated heterocycles. The summed E-state index contributed by atoms with van der Waals surface area (Å²) < 4.78 is 111. The number of aliphatic hydroxyl groups is 1. The normalized spacial score (nSPS) is 12.1. The molecule has 53 heavy (non-hydrogen) atoms. The van der Waals surface area contributed by atoms with Crippen LogP contribution in [0.1, 0.15) is 13.3 Å². The molecule has 0 aromatic heterocycles. The zero-order valence-corrected chi connectivity index (χ0v) is 32.7. The molecule has 0 aromatic rings. The fourth-order valence-electron chi connectivity index (χ4n) is 3.77. The van der Waals surface area contributed by atoms with Gasteiger partial charge in [-0.1, -0.05) is 10.8 Å². The highest BCUT2D eigenvalue weighted by Gasteiger charge is 2.19. The molecule has 0 aliphatic heterocycles. The molecule has 0 fully saturated rings. The second-order valence-corrected chi connectivity index (χ2v) is 12.0. The average Bonchev–Trinajstić information content (AvgIpc) is 3.14. The quantitative estimate of drug-likeness (QED) is 0.0646. The number of halogens is 1. The SMILES string of the molecule is CCCN(CCOCCOCCOCCOCCOCCOCCOCCOCCOCCOCCOCCOCCOCCOCCO)S(=O)(=O)F. The molecule has 0 amide bonds. The minimum atomic E-state index is -4.70. The first kappa shape index (κ1) is 52.2. The first-order valence-corrected chi connectivity index (χ1v) is 19.7. The summed E-state index contributed by atoms with van der Waals surface area (Å²) in [6.45, 7) is 14.2. The van der Waals surface area contributed by atoms with Gasteiger partial charge in [-0.3, -0.25) is 0 Å². The first-order chi connectivity index (χ1) is 26.0. The van der Waals surface area contributed by atoms with Crippen LogP contribution < -0.4 is 0 Å². The third kappa shape index (κ3) is 43.8. The highest BCUT2D eigenvalue weighted by Crippen LogP contribution is 2.03. The summed E-state index contributed by atoms with van der Waals surface area (Å²) in [4.78, 5) is 0. The van der Waals surface area contributed by atoms with Crippen LogP contribution in [-0.4, -0.2) is 223 Å². The van der Waals surface area contributed by atoms with Crippen molar-refractivity contribution >= 4 is 10.4 Å². The molecular weight excluding hydrogens is 733 g/mol. The number of ether oxygens (including phenoxy) is 14. The van der Waals surface area contributed by atoms with Crippen molar-refractivity contribution in [3.05, 3.63) is 0 Å². The van der Waals surface area contributed by atoms with Crippen LogP contribution in [0.5, 0.6) is 0 Å². The summed E-state index contributed by atoms with van der Waals surface area (Å²) in [6, 6.07) is 0. The van der Waals surface area contributed by atoms with Gasteiger partial charge >= 0.3 is 10.4 Å². The molecular formula is C33H68FNO17S. The number of nitrogens with zero attached hydrogens (tertiary/aromatic N) is 1. The van der Waals surface area contributed by atoms with Crippen molar-refractivity contribution in [3.63, 3.8) is 0 Å². The standard InChI is InChI=1S/C33H68FNO17S/c1-2-3-35(53(34,37)38)4-6-39-8-10-41-12-14-43-16-18-45-20-22-47-24-26-49-28-30-51-32-33-52-31-29-50-27-25-48-23-21-46-19-17-44-15-13-42-11-9-40-7-5-36/h36H,2-33H2,1H3. The van der Waals surface area contributed by atoms with Gasteiger partial charge in [0.05, 0.1) is 192 Å². The summed E-state index contributed by atoms with van der Waals surface area (Å²) in [5.41, 5.74) is 0. The lowest BCUT2D eigenvalue weighted by Gasteiger charge is -2.16. The third-order valence-electron chi connectivity index (χ3n) is 6.34. The predicted octanol–water partition coefficient (Wildman–Crippen LogP) is 0.137. The molecule has 0 radical (unpaired) electrons. The molecule has 320 valence electrons. The van der Waals surface area contributed by atoms with Crippen LogP contribution in [0.15, 0.2) is 0 Å². The molecule has 18 nitrogen and oxygen atoms in total. The van der Waals surface area contributed by atoms with E-state index in [2.05, 4.69) is 0 Å². The second-order valence-electron chi connectivity index (χ2n) is 10.6. The molecule has 0 rings (SSSR count). The Kier molecular flexibility index (Phi) is 43.3. The largest absolute Gasteiger partial charge is 0.394 e. The van der Waals surface area contributed by atoms with Crippen molar-refractivity contribution in [2.75, 3.05) is 205 Å². The number of aliphatic hydroxyl groups excluding tert-OH is 1. The Labute approximate surface area is 316 Å². The van der Waals surface area contributed by atoms with Gasteiger partial charge in [0.15, 0.2) is 0 Å². The second kappa shape index (κ2) is 44.0. The van der Waals surface area contributed by atoms with Crippen LogP contribution in [-0.2, 0) is 76.7 Å². The molecule has 0 aromatic carbocycles. The monoisotopic (exact) mass is 801 g/mol. The minimum Gasteiger partial charge on any atom is -0.394 e. The topological polar surface area (TPSA) is 187 Å². The Hall–Kier alpha value is -0.760. The molecule has 20 heteroatoms. The summed E-state index contributed by atoms with van der Waals surface area (Å²) in [5, 5.41) is 8.58. The fraction of sp³-hybridized carbons (Fsp3) is 1.00. The van der Waals surface area contributed by atoms with E-state index in [0.29, 0.717) is 178 Å². The highest BCUT2D eigenvalue weighted by atomic mass is 32.3. The molecule has 0 aliphatic rings. The summed E-state index contributed by atoms with van der Waals surface area (Å²) >= 11 is 0. The zero-order valence-electron chi connectivity index (χ0n) is 31.8. The van der Waals surface area contributed by atoms with E-state index in [4.69, 9.17) is 71.4 Å². The van der Waals surface area contributed by atoms with E-state index in [0.717, 1.165) is 4.31 Å². The number of rotatable bonds is 47. The van der Waals surface area contributed by atoms with Gasteiger partial charge in [-0.15, -0.1) is 0 Å². The highest BCUT2D eigenvalue weighted by molar-refractivity contribution is 7.83. The van der Waals surface area contributed by atoms with Gasteiger partial charge in [0.1, 0.15) is 0 Å². The van der Waals surface area contributed by atoms with Crippen LogP contribution in [0.25, 0.3) is 0 Å². The van der Waals surface area contributed by atoms with Crippen LogP contribution in [0.4, 0.5) is 3.89 Å². The van der Waals surface area contributed by atoms with E-state index in [1.54, 1.807) is 6.92 Å².